The molecule has 2 amide bonds. The van der Waals surface area contributed by atoms with E-state index in [4.69, 9.17) is 4.84 Å². The van der Waals surface area contributed by atoms with Crippen molar-refractivity contribution in [2.45, 2.75) is 6.92 Å². The minimum atomic E-state index is -1.25. The van der Waals surface area contributed by atoms with Crippen molar-refractivity contribution < 1.29 is 27.6 Å². The zero-order chi connectivity index (χ0) is 20.7. The predicted octanol–water partition coefficient (Wildman–Crippen LogP) is 3.33. The first-order valence-electron chi connectivity index (χ1n) is 8.09. The number of hydrogen-bond acceptors (Lipinski definition) is 4. The lowest BCUT2D eigenvalue weighted by atomic mass is 10.1. The minimum Gasteiger partial charge on any atom is -0.353 e. The Labute approximate surface area is 167 Å². The summed E-state index contributed by atoms with van der Waals surface area (Å²) in [4.78, 5) is 28.2. The first kappa shape index (κ1) is 21.7. The smallest absolute Gasteiger partial charge is 0.277 e. The van der Waals surface area contributed by atoms with Crippen molar-refractivity contribution in [1.82, 2.24) is 10.8 Å². The molecule has 2 aromatic carbocycles. The molecule has 0 bridgehead atoms. The molecule has 0 atom stereocenters. The molecule has 0 saturated heterocycles. The second-order valence-corrected chi connectivity index (χ2v) is 6.24. The van der Waals surface area contributed by atoms with Crippen LogP contribution in [-0.4, -0.2) is 30.3 Å². The van der Waals surface area contributed by atoms with Crippen molar-refractivity contribution in [3.05, 3.63) is 58.9 Å². The van der Waals surface area contributed by atoms with Gasteiger partial charge in [0.15, 0.2) is 11.6 Å². The fourth-order valence-electron chi connectivity index (χ4n) is 2.16. The first-order valence-corrected chi connectivity index (χ1v) is 9.21. The minimum absolute atomic E-state index is 0.0101. The third-order valence-corrected chi connectivity index (χ3v) is 4.02. The first-order chi connectivity index (χ1) is 13.3. The summed E-state index contributed by atoms with van der Waals surface area (Å²) in [5, 5.41) is 5.20. The molecule has 28 heavy (non-hydrogen) atoms. The number of nitrogens with one attached hydrogen (secondary N) is 3. The molecule has 0 aliphatic rings. The Balaban J connectivity index is 2.11. The quantitative estimate of drug-likeness (QED) is 0.321. The van der Waals surface area contributed by atoms with Crippen molar-refractivity contribution >= 4 is 39.1 Å². The second kappa shape index (κ2) is 10.1. The largest absolute Gasteiger partial charge is 0.353 e. The van der Waals surface area contributed by atoms with Crippen LogP contribution in [-0.2, 0) is 9.63 Å². The molecule has 0 aliphatic heterocycles. The molecule has 0 saturated carbocycles. The van der Waals surface area contributed by atoms with Gasteiger partial charge in [0.05, 0.1) is 28.9 Å². The fraction of sp³-hybridized carbons (Fsp3) is 0.222. The van der Waals surface area contributed by atoms with Gasteiger partial charge < -0.3 is 10.6 Å². The van der Waals surface area contributed by atoms with Crippen LogP contribution in [0.1, 0.15) is 15.9 Å². The summed E-state index contributed by atoms with van der Waals surface area (Å²) in [5.41, 5.74) is 2.29. The molecule has 150 valence electrons. The lowest BCUT2D eigenvalue weighted by Crippen LogP contribution is -2.32. The molecular formula is C18H17BrF3N3O3. The number of benzene rings is 2. The zero-order valence-corrected chi connectivity index (χ0v) is 16.3. The summed E-state index contributed by atoms with van der Waals surface area (Å²) in [6.45, 7) is 1.77. The average molecular weight is 460 g/mol. The van der Waals surface area contributed by atoms with E-state index in [1.165, 1.54) is 12.1 Å². The molecule has 0 unspecified atom stereocenters. The van der Waals surface area contributed by atoms with Crippen LogP contribution in [0.2, 0.25) is 0 Å². The molecule has 0 fully saturated rings. The maximum Gasteiger partial charge on any atom is 0.277 e. The van der Waals surface area contributed by atoms with E-state index >= 15 is 0 Å². The monoisotopic (exact) mass is 459 g/mol. The molecule has 3 N–H and O–H groups in total. The number of halogens is 4. The Morgan fingerprint density at radius 3 is 2.43 bits per heavy atom. The highest BCUT2D eigenvalue weighted by atomic mass is 79.9. The normalized spacial score (nSPS) is 10.5. The van der Waals surface area contributed by atoms with Gasteiger partial charge in [0.25, 0.3) is 5.91 Å². The summed E-state index contributed by atoms with van der Waals surface area (Å²) < 4.78 is 41.3. The van der Waals surface area contributed by atoms with Crippen molar-refractivity contribution in [3.8, 4) is 0 Å². The van der Waals surface area contributed by atoms with Crippen LogP contribution in [0.3, 0.4) is 0 Å². The standard InChI is InChI=1S/C18H17BrF3N3O3/c1-10-2-3-15(14(22)6-10)24-16-8-13(21)12(20)7-11(16)18(27)25-28-5-4-23-17(26)9-19/h2-3,6-8,24H,4-5,9H2,1H3,(H,23,26)(H,25,27). The van der Waals surface area contributed by atoms with Gasteiger partial charge in [0, 0.05) is 12.6 Å². The number of hydrogen-bond donors (Lipinski definition) is 3. The van der Waals surface area contributed by atoms with Gasteiger partial charge in [0.1, 0.15) is 5.82 Å². The molecule has 0 heterocycles. The van der Waals surface area contributed by atoms with Gasteiger partial charge in [-0.05, 0) is 30.7 Å². The lowest BCUT2D eigenvalue weighted by molar-refractivity contribution is -0.118. The van der Waals surface area contributed by atoms with Crippen LogP contribution in [0.15, 0.2) is 30.3 Å². The summed E-state index contributed by atoms with van der Waals surface area (Å²) in [6.07, 6.45) is 0. The highest BCUT2D eigenvalue weighted by Gasteiger charge is 2.17. The topological polar surface area (TPSA) is 79.5 Å². The molecule has 6 nitrogen and oxygen atoms in total. The van der Waals surface area contributed by atoms with Gasteiger partial charge in [-0.2, -0.15) is 0 Å². The maximum absolute atomic E-state index is 14.0. The predicted molar refractivity (Wildman–Crippen MR) is 101 cm³/mol. The Bertz CT molecular complexity index is 881. The van der Waals surface area contributed by atoms with Crippen LogP contribution in [0.5, 0.6) is 0 Å². The third-order valence-electron chi connectivity index (χ3n) is 3.51. The van der Waals surface area contributed by atoms with E-state index in [2.05, 4.69) is 32.0 Å². The van der Waals surface area contributed by atoms with Gasteiger partial charge in [-0.3, -0.25) is 14.4 Å². The zero-order valence-electron chi connectivity index (χ0n) is 14.7. The number of rotatable bonds is 8. The van der Waals surface area contributed by atoms with E-state index in [0.29, 0.717) is 11.6 Å². The van der Waals surface area contributed by atoms with Crippen LogP contribution in [0.25, 0.3) is 0 Å². The van der Waals surface area contributed by atoms with Crippen LogP contribution < -0.4 is 16.1 Å². The van der Waals surface area contributed by atoms with E-state index in [1.807, 2.05) is 0 Å². The molecule has 2 rings (SSSR count). The number of amides is 2. The van der Waals surface area contributed by atoms with E-state index in [-0.39, 0.29) is 41.3 Å². The van der Waals surface area contributed by atoms with Crippen LogP contribution in [0, 0.1) is 24.4 Å². The summed E-state index contributed by atoms with van der Waals surface area (Å²) in [7, 11) is 0. The number of aryl methyl sites for hydroxylation is 1. The second-order valence-electron chi connectivity index (χ2n) is 5.68. The van der Waals surface area contributed by atoms with Crippen molar-refractivity contribution in [2.24, 2.45) is 0 Å². The number of anilines is 2. The van der Waals surface area contributed by atoms with Gasteiger partial charge in [-0.25, -0.2) is 18.7 Å². The number of alkyl halides is 1. The van der Waals surface area contributed by atoms with E-state index in [0.717, 1.165) is 6.07 Å². The van der Waals surface area contributed by atoms with Gasteiger partial charge in [0.2, 0.25) is 5.91 Å². The molecule has 0 spiro atoms. The molecule has 10 heteroatoms. The molecule has 2 aromatic rings. The van der Waals surface area contributed by atoms with Gasteiger partial charge >= 0.3 is 0 Å². The van der Waals surface area contributed by atoms with E-state index < -0.39 is 23.4 Å². The summed E-state index contributed by atoms with van der Waals surface area (Å²) >= 11 is 2.97. The molecule has 0 aromatic heterocycles. The fourth-order valence-corrected chi connectivity index (χ4v) is 2.36. The molecular weight excluding hydrogens is 443 g/mol. The number of carbonyl (C=O) groups is 2. The van der Waals surface area contributed by atoms with E-state index in [9.17, 15) is 22.8 Å². The summed E-state index contributed by atoms with van der Waals surface area (Å²) in [5.74, 6) is -4.20. The Morgan fingerprint density at radius 1 is 1.04 bits per heavy atom. The maximum atomic E-state index is 14.0. The highest BCUT2D eigenvalue weighted by molar-refractivity contribution is 9.09. The van der Waals surface area contributed by atoms with Crippen LogP contribution >= 0.6 is 15.9 Å². The van der Waals surface area contributed by atoms with Crippen molar-refractivity contribution in [1.29, 1.82) is 0 Å². The SMILES string of the molecule is Cc1ccc(Nc2cc(F)c(F)cc2C(=O)NOCCNC(=O)CBr)c(F)c1. The van der Waals surface area contributed by atoms with Crippen LogP contribution in [0.4, 0.5) is 24.5 Å². The van der Waals surface area contributed by atoms with Crippen molar-refractivity contribution in [2.75, 3.05) is 23.8 Å². The molecule has 0 radical (unpaired) electrons. The Hall–Kier alpha value is -2.59. The number of carbonyl (C=O) groups excluding carboxylic acids is 2. The van der Waals surface area contributed by atoms with Gasteiger partial charge in [-0.15, -0.1) is 0 Å². The summed E-state index contributed by atoms with van der Waals surface area (Å²) in [6, 6.07) is 5.72. The molecule has 0 aliphatic carbocycles. The number of hydroxylamine groups is 1. The highest BCUT2D eigenvalue weighted by Crippen LogP contribution is 2.26. The Morgan fingerprint density at radius 2 is 1.75 bits per heavy atom. The van der Waals surface area contributed by atoms with Gasteiger partial charge in [-0.1, -0.05) is 22.0 Å². The third kappa shape index (κ3) is 5.96. The Kier molecular flexibility index (Phi) is 7.82. The van der Waals surface area contributed by atoms with E-state index in [1.54, 1.807) is 13.0 Å². The average Bonchev–Trinajstić information content (AvgIpc) is 2.65. The lowest BCUT2D eigenvalue weighted by Gasteiger charge is -2.14. The van der Waals surface area contributed by atoms with Crippen molar-refractivity contribution in [3.63, 3.8) is 0 Å².